The molecule has 0 aliphatic carbocycles. The van der Waals surface area contributed by atoms with Crippen LogP contribution < -0.4 is 5.32 Å². The molecule has 2 aromatic rings. The second-order valence-corrected chi connectivity index (χ2v) is 5.82. The van der Waals surface area contributed by atoms with Gasteiger partial charge in [0.1, 0.15) is 0 Å². The number of aryl methyl sites for hydroxylation is 3. The van der Waals surface area contributed by atoms with Gasteiger partial charge in [-0.15, -0.1) is 0 Å². The number of benzene rings is 1. The molecule has 0 spiro atoms. The van der Waals surface area contributed by atoms with E-state index >= 15 is 0 Å². The fraction of sp³-hybridized carbons (Fsp3) is 0.500. The predicted octanol–water partition coefficient (Wildman–Crippen LogP) is 3.56. The van der Waals surface area contributed by atoms with E-state index in [4.69, 9.17) is 0 Å². The molecule has 0 unspecified atom stereocenters. The number of aromatic nitrogens is 1. The van der Waals surface area contributed by atoms with E-state index in [2.05, 4.69) is 63.7 Å². The van der Waals surface area contributed by atoms with Crippen LogP contribution in [-0.2, 0) is 12.6 Å². The van der Waals surface area contributed by atoms with E-state index in [1.54, 1.807) is 0 Å². The summed E-state index contributed by atoms with van der Waals surface area (Å²) in [5, 5.41) is 4.85. The van der Waals surface area contributed by atoms with E-state index in [9.17, 15) is 0 Å². The molecule has 2 rings (SSSR count). The number of nitrogens with zero attached hydrogens (tertiary/aromatic N) is 1. The van der Waals surface area contributed by atoms with Crippen molar-refractivity contribution in [2.45, 2.75) is 40.2 Å². The monoisotopic (exact) mass is 244 g/mol. The lowest BCUT2D eigenvalue weighted by Crippen LogP contribution is -2.33. The molecule has 1 aromatic carbocycles. The molecule has 0 aliphatic rings. The minimum Gasteiger partial charge on any atom is -0.347 e. The van der Waals surface area contributed by atoms with E-state index in [1.165, 1.54) is 33.3 Å². The van der Waals surface area contributed by atoms with E-state index in [1.807, 2.05) is 7.05 Å². The van der Waals surface area contributed by atoms with Crippen molar-refractivity contribution in [3.05, 3.63) is 34.5 Å². The molecular weight excluding hydrogens is 220 g/mol. The van der Waals surface area contributed by atoms with Gasteiger partial charge in [-0.25, -0.2) is 0 Å². The highest BCUT2D eigenvalue weighted by Crippen LogP contribution is 2.36. The van der Waals surface area contributed by atoms with E-state index in [-0.39, 0.29) is 5.54 Å². The van der Waals surface area contributed by atoms with Crippen LogP contribution in [0.15, 0.2) is 12.1 Å². The highest BCUT2D eigenvalue weighted by atomic mass is 15.0. The van der Waals surface area contributed by atoms with Crippen LogP contribution in [0.25, 0.3) is 10.9 Å². The Kier molecular flexibility index (Phi) is 3.02. The smallest absolute Gasteiger partial charge is 0.0515 e. The molecule has 0 radical (unpaired) electrons. The lowest BCUT2D eigenvalue weighted by Gasteiger charge is -2.25. The molecule has 0 atom stereocenters. The van der Waals surface area contributed by atoms with Gasteiger partial charge in [-0.2, -0.15) is 0 Å². The van der Waals surface area contributed by atoms with Crippen molar-refractivity contribution < 1.29 is 0 Å². The number of hydrogen-bond donors (Lipinski definition) is 1. The van der Waals surface area contributed by atoms with Gasteiger partial charge in [0, 0.05) is 29.2 Å². The SMILES string of the molecule is CNC(C)(C)c1c(C)n(C)c2c(C)ccc(C)c12. The first kappa shape index (κ1) is 13.2. The molecular formula is C16H24N2. The fourth-order valence-electron chi connectivity index (χ4n) is 2.95. The topological polar surface area (TPSA) is 17.0 Å². The molecule has 18 heavy (non-hydrogen) atoms. The second-order valence-electron chi connectivity index (χ2n) is 5.82. The van der Waals surface area contributed by atoms with Crippen LogP contribution in [0.1, 0.15) is 36.2 Å². The summed E-state index contributed by atoms with van der Waals surface area (Å²) in [5.41, 5.74) is 6.83. The third-order valence-electron chi connectivity index (χ3n) is 4.29. The third-order valence-corrected chi connectivity index (χ3v) is 4.29. The van der Waals surface area contributed by atoms with Gasteiger partial charge in [-0.1, -0.05) is 12.1 Å². The summed E-state index contributed by atoms with van der Waals surface area (Å²) in [6.45, 7) is 11.1. The van der Waals surface area contributed by atoms with Gasteiger partial charge < -0.3 is 9.88 Å². The van der Waals surface area contributed by atoms with Gasteiger partial charge in [0.2, 0.25) is 0 Å². The molecule has 1 N–H and O–H groups in total. The first-order chi connectivity index (χ1) is 8.31. The Bertz CT molecular complexity index is 603. The largest absolute Gasteiger partial charge is 0.347 e. The van der Waals surface area contributed by atoms with Crippen LogP contribution in [0.3, 0.4) is 0 Å². The van der Waals surface area contributed by atoms with Crippen LogP contribution in [0.2, 0.25) is 0 Å². The summed E-state index contributed by atoms with van der Waals surface area (Å²) in [6.07, 6.45) is 0. The quantitative estimate of drug-likeness (QED) is 0.854. The molecule has 98 valence electrons. The minimum absolute atomic E-state index is 0.0118. The van der Waals surface area contributed by atoms with Crippen molar-refractivity contribution in [1.29, 1.82) is 0 Å². The van der Waals surface area contributed by atoms with Gasteiger partial charge in [-0.05, 0) is 52.8 Å². The van der Waals surface area contributed by atoms with Crippen LogP contribution in [-0.4, -0.2) is 11.6 Å². The average molecular weight is 244 g/mol. The van der Waals surface area contributed by atoms with E-state index in [0.29, 0.717) is 0 Å². The van der Waals surface area contributed by atoms with Crippen molar-refractivity contribution >= 4 is 10.9 Å². The van der Waals surface area contributed by atoms with Crippen LogP contribution in [0.4, 0.5) is 0 Å². The van der Waals surface area contributed by atoms with Crippen LogP contribution in [0, 0.1) is 20.8 Å². The number of nitrogens with one attached hydrogen (secondary N) is 1. The highest BCUT2D eigenvalue weighted by molar-refractivity contribution is 5.91. The standard InChI is InChI=1S/C16H24N2/c1-10-8-9-11(2)15-13(10)14(12(3)18(15)7)16(4,5)17-6/h8-9,17H,1-7H3. The van der Waals surface area contributed by atoms with Crippen molar-refractivity contribution in [3.8, 4) is 0 Å². The Labute approximate surface area is 110 Å². The molecule has 0 bridgehead atoms. The molecule has 0 aliphatic heterocycles. The zero-order valence-corrected chi connectivity index (χ0v) is 12.6. The van der Waals surface area contributed by atoms with Crippen molar-refractivity contribution in [2.24, 2.45) is 7.05 Å². The molecule has 1 heterocycles. The Hall–Kier alpha value is -1.28. The van der Waals surface area contributed by atoms with Crippen molar-refractivity contribution in [3.63, 3.8) is 0 Å². The van der Waals surface area contributed by atoms with E-state index in [0.717, 1.165) is 0 Å². The number of hydrogen-bond acceptors (Lipinski definition) is 1. The highest BCUT2D eigenvalue weighted by Gasteiger charge is 2.27. The minimum atomic E-state index is -0.0118. The molecule has 0 fully saturated rings. The zero-order valence-electron chi connectivity index (χ0n) is 12.6. The van der Waals surface area contributed by atoms with Crippen LogP contribution in [0.5, 0.6) is 0 Å². The Morgan fingerprint density at radius 2 is 1.61 bits per heavy atom. The third kappa shape index (κ3) is 1.67. The molecule has 2 nitrogen and oxygen atoms in total. The maximum atomic E-state index is 3.44. The number of rotatable bonds is 2. The van der Waals surface area contributed by atoms with Gasteiger partial charge in [-0.3, -0.25) is 0 Å². The Morgan fingerprint density at radius 1 is 1.06 bits per heavy atom. The second kappa shape index (κ2) is 4.13. The van der Waals surface area contributed by atoms with E-state index < -0.39 is 0 Å². The zero-order chi connectivity index (χ0) is 13.7. The maximum absolute atomic E-state index is 3.44. The maximum Gasteiger partial charge on any atom is 0.0515 e. The summed E-state index contributed by atoms with van der Waals surface area (Å²) in [7, 11) is 4.20. The summed E-state index contributed by atoms with van der Waals surface area (Å²) in [6, 6.07) is 4.44. The van der Waals surface area contributed by atoms with Crippen molar-refractivity contribution in [1.82, 2.24) is 9.88 Å². The molecule has 1 aromatic heterocycles. The summed E-state index contributed by atoms with van der Waals surface area (Å²) in [4.78, 5) is 0. The molecule has 2 heteroatoms. The Balaban J connectivity index is 2.99. The summed E-state index contributed by atoms with van der Waals surface area (Å²) in [5.74, 6) is 0. The lowest BCUT2D eigenvalue weighted by molar-refractivity contribution is 0.444. The first-order valence-corrected chi connectivity index (χ1v) is 6.56. The number of fused-ring (bicyclic) bond motifs is 1. The first-order valence-electron chi connectivity index (χ1n) is 6.56. The summed E-state index contributed by atoms with van der Waals surface area (Å²) >= 11 is 0. The van der Waals surface area contributed by atoms with Gasteiger partial charge in [0.05, 0.1) is 5.52 Å². The molecule has 0 saturated heterocycles. The predicted molar refractivity (Wildman–Crippen MR) is 79.2 cm³/mol. The normalized spacial score (nSPS) is 12.4. The average Bonchev–Trinajstić information content (AvgIpc) is 2.59. The lowest BCUT2D eigenvalue weighted by atomic mass is 9.89. The Morgan fingerprint density at radius 3 is 2.17 bits per heavy atom. The van der Waals surface area contributed by atoms with Gasteiger partial charge in [0.25, 0.3) is 0 Å². The molecule has 0 saturated carbocycles. The van der Waals surface area contributed by atoms with Gasteiger partial charge >= 0.3 is 0 Å². The summed E-state index contributed by atoms with van der Waals surface area (Å²) < 4.78 is 2.33. The van der Waals surface area contributed by atoms with Gasteiger partial charge in [0.15, 0.2) is 0 Å². The molecule has 0 amide bonds. The van der Waals surface area contributed by atoms with Crippen LogP contribution >= 0.6 is 0 Å². The fourth-order valence-corrected chi connectivity index (χ4v) is 2.95. The van der Waals surface area contributed by atoms with Crippen molar-refractivity contribution in [2.75, 3.05) is 7.05 Å².